The Balaban J connectivity index is 2.56. The van der Waals surface area contributed by atoms with Gasteiger partial charge in [0.05, 0.1) is 12.7 Å². The number of benzene rings is 1. The van der Waals surface area contributed by atoms with Crippen LogP contribution in [0.15, 0.2) is 30.3 Å². The SMILES string of the molecule is N#CC(Cc1ccccc1)C(=O)NCCO. The molecule has 0 aliphatic carbocycles. The fraction of sp³-hybridized carbons (Fsp3) is 0.333. The highest BCUT2D eigenvalue weighted by Crippen LogP contribution is 2.07. The third-order valence-corrected chi connectivity index (χ3v) is 2.17. The molecule has 0 fully saturated rings. The first-order valence-corrected chi connectivity index (χ1v) is 5.10. The van der Waals surface area contributed by atoms with Crippen molar-refractivity contribution in [2.45, 2.75) is 6.42 Å². The van der Waals surface area contributed by atoms with E-state index in [2.05, 4.69) is 5.32 Å². The van der Waals surface area contributed by atoms with Gasteiger partial charge >= 0.3 is 0 Å². The number of nitriles is 1. The standard InChI is InChI=1S/C12H14N2O2/c13-9-11(12(16)14-6-7-15)8-10-4-2-1-3-5-10/h1-5,11,15H,6-8H2,(H,14,16). The fourth-order valence-corrected chi connectivity index (χ4v) is 1.35. The zero-order valence-electron chi connectivity index (χ0n) is 8.89. The number of aliphatic hydroxyl groups excluding tert-OH is 1. The molecule has 84 valence electrons. The fourth-order valence-electron chi connectivity index (χ4n) is 1.35. The second-order valence-corrected chi connectivity index (χ2v) is 3.39. The van der Waals surface area contributed by atoms with E-state index in [1.165, 1.54) is 0 Å². The molecule has 1 aromatic rings. The molecule has 4 heteroatoms. The smallest absolute Gasteiger partial charge is 0.237 e. The summed E-state index contributed by atoms with van der Waals surface area (Å²) in [5.74, 6) is -1.03. The molecule has 0 aromatic heterocycles. The largest absolute Gasteiger partial charge is 0.395 e. The molecule has 0 saturated carbocycles. The van der Waals surface area contributed by atoms with Gasteiger partial charge in [0.25, 0.3) is 0 Å². The number of rotatable bonds is 5. The molecule has 0 heterocycles. The van der Waals surface area contributed by atoms with Crippen LogP contribution >= 0.6 is 0 Å². The topological polar surface area (TPSA) is 73.1 Å². The first-order chi connectivity index (χ1) is 7.77. The molecule has 4 nitrogen and oxygen atoms in total. The van der Waals surface area contributed by atoms with Crippen LogP contribution in [0, 0.1) is 17.2 Å². The molecule has 1 atom stereocenters. The van der Waals surface area contributed by atoms with Crippen molar-refractivity contribution in [3.8, 4) is 6.07 Å². The van der Waals surface area contributed by atoms with Crippen molar-refractivity contribution in [2.24, 2.45) is 5.92 Å². The van der Waals surface area contributed by atoms with Gasteiger partial charge in [0.15, 0.2) is 0 Å². The van der Waals surface area contributed by atoms with E-state index in [0.29, 0.717) is 6.42 Å². The Labute approximate surface area is 94.5 Å². The second-order valence-electron chi connectivity index (χ2n) is 3.39. The molecule has 0 saturated heterocycles. The molecule has 0 spiro atoms. The summed E-state index contributed by atoms with van der Waals surface area (Å²) in [5.41, 5.74) is 0.952. The monoisotopic (exact) mass is 218 g/mol. The molecule has 0 aliphatic rings. The van der Waals surface area contributed by atoms with E-state index < -0.39 is 5.92 Å². The van der Waals surface area contributed by atoms with Gasteiger partial charge in [-0.3, -0.25) is 4.79 Å². The number of nitrogens with zero attached hydrogens (tertiary/aromatic N) is 1. The van der Waals surface area contributed by atoms with Crippen molar-refractivity contribution in [1.82, 2.24) is 5.32 Å². The third-order valence-electron chi connectivity index (χ3n) is 2.17. The average molecular weight is 218 g/mol. The predicted octanol–water partition coefficient (Wildman–Crippen LogP) is 0.477. The maximum atomic E-state index is 11.5. The van der Waals surface area contributed by atoms with E-state index in [9.17, 15) is 4.79 Å². The van der Waals surface area contributed by atoms with Crippen LogP contribution < -0.4 is 5.32 Å². The summed E-state index contributed by atoms with van der Waals surface area (Å²) in [6, 6.07) is 11.3. The highest BCUT2D eigenvalue weighted by molar-refractivity contribution is 5.81. The maximum Gasteiger partial charge on any atom is 0.237 e. The van der Waals surface area contributed by atoms with Crippen LogP contribution in [0.5, 0.6) is 0 Å². The number of carbonyl (C=O) groups excluding carboxylic acids is 1. The van der Waals surface area contributed by atoms with Crippen molar-refractivity contribution in [3.05, 3.63) is 35.9 Å². The van der Waals surface area contributed by atoms with Gasteiger partial charge in [-0.05, 0) is 12.0 Å². The second kappa shape index (κ2) is 6.59. The van der Waals surface area contributed by atoms with Crippen LogP contribution in [-0.2, 0) is 11.2 Å². The van der Waals surface area contributed by atoms with Gasteiger partial charge in [0.1, 0.15) is 5.92 Å². The summed E-state index contributed by atoms with van der Waals surface area (Å²) >= 11 is 0. The van der Waals surface area contributed by atoms with Gasteiger partial charge in [0.2, 0.25) is 5.91 Å². The molecule has 0 radical (unpaired) electrons. The molecular formula is C12H14N2O2. The average Bonchev–Trinajstić information content (AvgIpc) is 2.34. The van der Waals surface area contributed by atoms with Crippen molar-refractivity contribution in [2.75, 3.05) is 13.2 Å². The zero-order chi connectivity index (χ0) is 11.8. The first kappa shape index (κ1) is 12.2. The van der Waals surface area contributed by atoms with Gasteiger partial charge in [-0.25, -0.2) is 0 Å². The summed E-state index contributed by atoms with van der Waals surface area (Å²) in [4.78, 5) is 11.5. The van der Waals surface area contributed by atoms with Crippen LogP contribution in [0.4, 0.5) is 0 Å². The number of carbonyl (C=O) groups is 1. The van der Waals surface area contributed by atoms with Gasteiger partial charge in [-0.2, -0.15) is 5.26 Å². The van der Waals surface area contributed by atoms with Crippen molar-refractivity contribution >= 4 is 5.91 Å². The van der Waals surface area contributed by atoms with E-state index >= 15 is 0 Å². The van der Waals surface area contributed by atoms with E-state index in [0.717, 1.165) is 5.56 Å². The van der Waals surface area contributed by atoms with Crippen LogP contribution in [-0.4, -0.2) is 24.2 Å². The Morgan fingerprint density at radius 3 is 2.69 bits per heavy atom. The van der Waals surface area contributed by atoms with Gasteiger partial charge in [-0.15, -0.1) is 0 Å². The van der Waals surface area contributed by atoms with Crippen molar-refractivity contribution in [1.29, 1.82) is 5.26 Å². The number of nitrogens with one attached hydrogen (secondary N) is 1. The van der Waals surface area contributed by atoms with Crippen LogP contribution in [0.1, 0.15) is 5.56 Å². The Bertz CT molecular complexity index is 370. The summed E-state index contributed by atoms with van der Waals surface area (Å²) in [5, 5.41) is 19.9. The minimum Gasteiger partial charge on any atom is -0.395 e. The molecule has 1 rings (SSSR count). The Morgan fingerprint density at radius 2 is 2.12 bits per heavy atom. The molecule has 0 aliphatic heterocycles. The molecular weight excluding hydrogens is 204 g/mol. The Hall–Kier alpha value is -1.86. The molecule has 16 heavy (non-hydrogen) atoms. The van der Waals surface area contributed by atoms with Crippen LogP contribution in [0.25, 0.3) is 0 Å². The third kappa shape index (κ3) is 3.71. The van der Waals surface area contributed by atoms with Crippen LogP contribution in [0.2, 0.25) is 0 Å². The van der Waals surface area contributed by atoms with Crippen molar-refractivity contribution < 1.29 is 9.90 Å². The van der Waals surface area contributed by atoms with Gasteiger partial charge in [-0.1, -0.05) is 30.3 Å². The summed E-state index contributed by atoms with van der Waals surface area (Å²) in [6.07, 6.45) is 0.397. The lowest BCUT2D eigenvalue weighted by molar-refractivity contribution is -0.123. The minimum atomic E-state index is -0.700. The summed E-state index contributed by atoms with van der Waals surface area (Å²) < 4.78 is 0. The maximum absolute atomic E-state index is 11.5. The quantitative estimate of drug-likeness (QED) is 0.754. The summed E-state index contributed by atoms with van der Waals surface area (Å²) in [6.45, 7) is 0.0705. The number of hydrogen-bond acceptors (Lipinski definition) is 3. The summed E-state index contributed by atoms with van der Waals surface area (Å²) in [7, 11) is 0. The lowest BCUT2D eigenvalue weighted by Crippen LogP contribution is -2.33. The molecule has 1 unspecified atom stereocenters. The van der Waals surface area contributed by atoms with Gasteiger partial charge < -0.3 is 10.4 Å². The number of hydrogen-bond donors (Lipinski definition) is 2. The highest BCUT2D eigenvalue weighted by Gasteiger charge is 2.17. The normalized spacial score (nSPS) is 11.5. The first-order valence-electron chi connectivity index (χ1n) is 5.10. The van der Waals surface area contributed by atoms with Gasteiger partial charge in [0, 0.05) is 6.54 Å². The highest BCUT2D eigenvalue weighted by atomic mass is 16.3. The Morgan fingerprint density at radius 1 is 1.44 bits per heavy atom. The molecule has 0 bridgehead atoms. The Kier molecular flexibility index (Phi) is 5.03. The van der Waals surface area contributed by atoms with E-state index in [1.807, 2.05) is 36.4 Å². The van der Waals surface area contributed by atoms with Crippen molar-refractivity contribution in [3.63, 3.8) is 0 Å². The van der Waals surface area contributed by atoms with Crippen LogP contribution in [0.3, 0.4) is 0 Å². The molecule has 1 aromatic carbocycles. The predicted molar refractivity (Wildman–Crippen MR) is 59.3 cm³/mol. The lowest BCUT2D eigenvalue weighted by atomic mass is 10.00. The zero-order valence-corrected chi connectivity index (χ0v) is 8.89. The number of aliphatic hydroxyl groups is 1. The van der Waals surface area contributed by atoms with E-state index in [4.69, 9.17) is 10.4 Å². The molecule has 1 amide bonds. The number of amides is 1. The van der Waals surface area contributed by atoms with E-state index in [-0.39, 0.29) is 19.1 Å². The molecule has 2 N–H and O–H groups in total. The lowest BCUT2D eigenvalue weighted by Gasteiger charge is -2.09. The minimum absolute atomic E-state index is 0.116. The van der Waals surface area contributed by atoms with E-state index in [1.54, 1.807) is 0 Å².